The zero-order valence-electron chi connectivity index (χ0n) is 7.05. The maximum atomic E-state index is 12.4. The normalized spacial score (nSPS) is 9.79. The average Bonchev–Trinajstić information content (AvgIpc) is 2.23. The van der Waals surface area contributed by atoms with Gasteiger partial charge in [-0.2, -0.15) is 0 Å². The monoisotopic (exact) mass is 191 g/mol. The number of rotatable bonds is 2. The summed E-state index contributed by atoms with van der Waals surface area (Å²) in [5, 5.41) is 2.77. The van der Waals surface area contributed by atoms with E-state index in [4.69, 9.17) is 0 Å². The summed E-state index contributed by atoms with van der Waals surface area (Å²) in [7, 11) is 0. The zero-order valence-corrected chi connectivity index (χ0v) is 7.05. The first-order chi connectivity index (χ1) is 6.84. The van der Waals surface area contributed by atoms with Gasteiger partial charge < -0.3 is 5.32 Å². The number of hydrogen-bond acceptors (Lipinski definition) is 5. The first kappa shape index (κ1) is 8.49. The molecular weight excluding hydrogens is 185 g/mol. The Bertz CT molecular complexity index is 402. The van der Waals surface area contributed by atoms with Crippen LogP contribution in [-0.2, 0) is 0 Å². The van der Waals surface area contributed by atoms with E-state index in [0.717, 1.165) is 12.4 Å². The van der Waals surface area contributed by atoms with Crippen LogP contribution in [0.3, 0.4) is 0 Å². The van der Waals surface area contributed by atoms with E-state index >= 15 is 0 Å². The molecule has 14 heavy (non-hydrogen) atoms. The molecule has 0 saturated heterocycles. The SMILES string of the molecule is Fc1cnc(Nc2cnccn2)nc1. The molecule has 2 aromatic heterocycles. The Balaban J connectivity index is 2.16. The zero-order chi connectivity index (χ0) is 9.80. The third-order valence-electron chi connectivity index (χ3n) is 1.42. The standard InChI is InChI=1S/C8H6FN5/c9-6-3-12-8(13-4-6)14-7-5-10-1-2-11-7/h1-5H,(H,11,12,13,14). The predicted octanol–water partition coefficient (Wildman–Crippen LogP) is 1.15. The minimum Gasteiger partial charge on any atom is -0.307 e. The van der Waals surface area contributed by atoms with Crippen LogP contribution in [0.2, 0.25) is 0 Å². The molecule has 70 valence electrons. The smallest absolute Gasteiger partial charge is 0.228 e. The van der Waals surface area contributed by atoms with Crippen molar-refractivity contribution in [2.24, 2.45) is 0 Å². The van der Waals surface area contributed by atoms with E-state index < -0.39 is 5.82 Å². The highest BCUT2D eigenvalue weighted by Crippen LogP contribution is 2.06. The van der Waals surface area contributed by atoms with Crippen molar-refractivity contribution in [3.05, 3.63) is 36.8 Å². The van der Waals surface area contributed by atoms with Gasteiger partial charge >= 0.3 is 0 Å². The van der Waals surface area contributed by atoms with Crippen LogP contribution in [-0.4, -0.2) is 19.9 Å². The first-order valence-electron chi connectivity index (χ1n) is 3.85. The van der Waals surface area contributed by atoms with Crippen LogP contribution in [0.5, 0.6) is 0 Å². The second-order valence-corrected chi connectivity index (χ2v) is 2.44. The fourth-order valence-electron chi connectivity index (χ4n) is 0.855. The van der Waals surface area contributed by atoms with Gasteiger partial charge in [0.25, 0.3) is 0 Å². The molecule has 0 bridgehead atoms. The topological polar surface area (TPSA) is 63.6 Å². The lowest BCUT2D eigenvalue weighted by molar-refractivity contribution is 0.614. The number of anilines is 2. The summed E-state index contributed by atoms with van der Waals surface area (Å²) in [6.45, 7) is 0. The van der Waals surface area contributed by atoms with Crippen LogP contribution >= 0.6 is 0 Å². The molecule has 0 unspecified atom stereocenters. The fourth-order valence-corrected chi connectivity index (χ4v) is 0.855. The Morgan fingerprint density at radius 3 is 2.43 bits per heavy atom. The average molecular weight is 191 g/mol. The summed E-state index contributed by atoms with van der Waals surface area (Å²) in [6, 6.07) is 0. The van der Waals surface area contributed by atoms with Crippen LogP contribution < -0.4 is 5.32 Å². The lowest BCUT2D eigenvalue weighted by Gasteiger charge is -2.00. The molecule has 0 aliphatic carbocycles. The Morgan fingerprint density at radius 2 is 1.79 bits per heavy atom. The van der Waals surface area contributed by atoms with Gasteiger partial charge in [-0.15, -0.1) is 0 Å². The van der Waals surface area contributed by atoms with E-state index in [9.17, 15) is 4.39 Å². The minimum atomic E-state index is -0.477. The molecule has 0 radical (unpaired) electrons. The Labute approximate surface area is 79.1 Å². The molecule has 0 saturated carbocycles. The van der Waals surface area contributed by atoms with Crippen LogP contribution in [0.4, 0.5) is 16.2 Å². The highest BCUT2D eigenvalue weighted by Gasteiger charge is 1.97. The summed E-state index contributed by atoms with van der Waals surface area (Å²) >= 11 is 0. The summed E-state index contributed by atoms with van der Waals surface area (Å²) in [4.78, 5) is 15.2. The van der Waals surface area contributed by atoms with Gasteiger partial charge in [-0.05, 0) is 0 Å². The largest absolute Gasteiger partial charge is 0.307 e. The van der Waals surface area contributed by atoms with E-state index in [1.54, 1.807) is 6.20 Å². The van der Waals surface area contributed by atoms with Gasteiger partial charge in [0.05, 0.1) is 18.6 Å². The molecular formula is C8H6FN5. The second kappa shape index (κ2) is 3.73. The van der Waals surface area contributed by atoms with Crippen molar-refractivity contribution in [3.8, 4) is 0 Å². The lowest BCUT2D eigenvalue weighted by Crippen LogP contribution is -1.98. The fraction of sp³-hybridized carbons (Fsp3) is 0. The molecule has 0 atom stereocenters. The molecule has 2 rings (SSSR count). The van der Waals surface area contributed by atoms with E-state index in [1.165, 1.54) is 12.4 Å². The maximum Gasteiger partial charge on any atom is 0.228 e. The molecule has 0 aliphatic rings. The molecule has 2 aromatic rings. The Kier molecular flexibility index (Phi) is 2.26. The third kappa shape index (κ3) is 1.98. The van der Waals surface area contributed by atoms with E-state index in [-0.39, 0.29) is 5.95 Å². The maximum absolute atomic E-state index is 12.4. The van der Waals surface area contributed by atoms with E-state index in [1.807, 2.05) is 0 Å². The van der Waals surface area contributed by atoms with Crippen molar-refractivity contribution >= 4 is 11.8 Å². The number of nitrogens with zero attached hydrogens (tertiary/aromatic N) is 4. The summed E-state index contributed by atoms with van der Waals surface area (Å²) in [5.41, 5.74) is 0. The van der Waals surface area contributed by atoms with Crippen LogP contribution in [0.15, 0.2) is 31.0 Å². The molecule has 2 heterocycles. The highest BCUT2D eigenvalue weighted by molar-refractivity contribution is 5.44. The van der Waals surface area contributed by atoms with Crippen molar-refractivity contribution in [2.45, 2.75) is 0 Å². The van der Waals surface area contributed by atoms with Crippen molar-refractivity contribution < 1.29 is 4.39 Å². The quantitative estimate of drug-likeness (QED) is 0.771. The number of aromatic nitrogens is 4. The highest BCUT2D eigenvalue weighted by atomic mass is 19.1. The van der Waals surface area contributed by atoms with Gasteiger partial charge in [0, 0.05) is 12.4 Å². The number of halogens is 1. The minimum absolute atomic E-state index is 0.284. The Hall–Kier alpha value is -2.11. The predicted molar refractivity (Wildman–Crippen MR) is 47.3 cm³/mol. The second-order valence-electron chi connectivity index (χ2n) is 2.44. The lowest BCUT2D eigenvalue weighted by atomic mass is 10.6. The summed E-state index contributed by atoms with van der Waals surface area (Å²) < 4.78 is 12.4. The van der Waals surface area contributed by atoms with Crippen molar-refractivity contribution in [1.82, 2.24) is 19.9 Å². The summed E-state index contributed by atoms with van der Waals surface area (Å²) in [6.07, 6.45) is 6.76. The molecule has 6 heteroatoms. The van der Waals surface area contributed by atoms with Gasteiger partial charge in [-0.3, -0.25) is 4.98 Å². The Morgan fingerprint density at radius 1 is 1.00 bits per heavy atom. The van der Waals surface area contributed by atoms with Crippen molar-refractivity contribution in [3.63, 3.8) is 0 Å². The number of nitrogens with one attached hydrogen (secondary N) is 1. The van der Waals surface area contributed by atoms with Crippen LogP contribution in [0.1, 0.15) is 0 Å². The molecule has 0 spiro atoms. The molecule has 0 fully saturated rings. The van der Waals surface area contributed by atoms with Gasteiger partial charge in [0.2, 0.25) is 5.95 Å². The molecule has 0 aromatic carbocycles. The van der Waals surface area contributed by atoms with Crippen LogP contribution in [0, 0.1) is 5.82 Å². The molecule has 0 amide bonds. The van der Waals surface area contributed by atoms with E-state index in [0.29, 0.717) is 5.82 Å². The van der Waals surface area contributed by atoms with Crippen molar-refractivity contribution in [1.29, 1.82) is 0 Å². The van der Waals surface area contributed by atoms with Crippen LogP contribution in [0.25, 0.3) is 0 Å². The third-order valence-corrected chi connectivity index (χ3v) is 1.42. The van der Waals surface area contributed by atoms with Gasteiger partial charge in [0.15, 0.2) is 11.6 Å². The van der Waals surface area contributed by atoms with Crippen molar-refractivity contribution in [2.75, 3.05) is 5.32 Å². The summed E-state index contributed by atoms with van der Waals surface area (Å²) in [5.74, 6) is 0.320. The van der Waals surface area contributed by atoms with Gasteiger partial charge in [-0.25, -0.2) is 19.3 Å². The first-order valence-corrected chi connectivity index (χ1v) is 3.85. The van der Waals surface area contributed by atoms with E-state index in [2.05, 4.69) is 25.3 Å². The molecule has 0 aliphatic heterocycles. The van der Waals surface area contributed by atoms with Gasteiger partial charge in [-0.1, -0.05) is 0 Å². The molecule has 1 N–H and O–H groups in total. The van der Waals surface area contributed by atoms with Gasteiger partial charge in [0.1, 0.15) is 0 Å². The molecule has 5 nitrogen and oxygen atoms in total. The number of hydrogen-bond donors (Lipinski definition) is 1.